The molecule has 1 aliphatic carbocycles. The van der Waals surface area contributed by atoms with Gasteiger partial charge in [-0.25, -0.2) is 4.79 Å². The van der Waals surface area contributed by atoms with Gasteiger partial charge in [-0.3, -0.25) is 9.59 Å². The van der Waals surface area contributed by atoms with Crippen molar-refractivity contribution in [2.45, 2.75) is 44.7 Å². The first-order chi connectivity index (χ1) is 8.69. The first-order valence-corrected chi connectivity index (χ1v) is 6.24. The highest BCUT2D eigenvalue weighted by molar-refractivity contribution is 5.84. The minimum atomic E-state index is -0.987. The van der Waals surface area contributed by atoms with Crippen molar-refractivity contribution in [2.24, 2.45) is 0 Å². The standard InChI is InChI=1S/C12H21N3O4/c1-12(2,6-10(17)18)14-11(19)15(3)7-9(16)13-8-4-5-8/h8H,4-7H2,1-3H3,(H,13,16)(H,14,19)(H,17,18). The number of carboxylic acid groups (broad SMARTS) is 1. The van der Waals surface area contributed by atoms with Crippen molar-refractivity contribution >= 4 is 17.9 Å². The van der Waals surface area contributed by atoms with Crippen LogP contribution in [0.2, 0.25) is 0 Å². The van der Waals surface area contributed by atoms with E-state index in [4.69, 9.17) is 5.11 Å². The number of carboxylic acids is 1. The predicted octanol–water partition coefficient (Wildman–Crippen LogP) is 0.160. The van der Waals surface area contributed by atoms with Gasteiger partial charge in [-0.2, -0.15) is 0 Å². The number of aliphatic carboxylic acids is 1. The molecule has 0 radical (unpaired) electrons. The number of hydrogen-bond donors (Lipinski definition) is 3. The van der Waals surface area contributed by atoms with Crippen molar-refractivity contribution < 1.29 is 19.5 Å². The Labute approximate surface area is 112 Å². The molecule has 1 fully saturated rings. The van der Waals surface area contributed by atoms with Crippen LogP contribution < -0.4 is 10.6 Å². The summed E-state index contributed by atoms with van der Waals surface area (Å²) < 4.78 is 0. The van der Waals surface area contributed by atoms with E-state index in [-0.39, 0.29) is 24.9 Å². The maximum atomic E-state index is 11.8. The van der Waals surface area contributed by atoms with Crippen LogP contribution in [0.15, 0.2) is 0 Å². The summed E-state index contributed by atoms with van der Waals surface area (Å²) in [5.41, 5.74) is -0.857. The maximum Gasteiger partial charge on any atom is 0.318 e. The predicted molar refractivity (Wildman–Crippen MR) is 68.7 cm³/mol. The Hall–Kier alpha value is -1.79. The fourth-order valence-electron chi connectivity index (χ4n) is 1.60. The van der Waals surface area contributed by atoms with Crippen molar-refractivity contribution in [3.63, 3.8) is 0 Å². The summed E-state index contributed by atoms with van der Waals surface area (Å²) in [4.78, 5) is 35.2. The Morgan fingerprint density at radius 2 is 1.89 bits per heavy atom. The first-order valence-electron chi connectivity index (χ1n) is 6.24. The van der Waals surface area contributed by atoms with Gasteiger partial charge >= 0.3 is 12.0 Å². The smallest absolute Gasteiger partial charge is 0.318 e. The van der Waals surface area contributed by atoms with E-state index in [9.17, 15) is 14.4 Å². The summed E-state index contributed by atoms with van der Waals surface area (Å²) in [6.07, 6.45) is 1.81. The Bertz CT molecular complexity index is 377. The number of likely N-dealkylation sites (N-methyl/N-ethyl adjacent to an activating group) is 1. The minimum Gasteiger partial charge on any atom is -0.481 e. The zero-order valence-corrected chi connectivity index (χ0v) is 11.5. The molecule has 1 rings (SSSR count). The van der Waals surface area contributed by atoms with Crippen LogP contribution in [-0.2, 0) is 9.59 Å². The van der Waals surface area contributed by atoms with Crippen LogP contribution in [0.3, 0.4) is 0 Å². The van der Waals surface area contributed by atoms with E-state index in [0.717, 1.165) is 12.8 Å². The molecular weight excluding hydrogens is 250 g/mol. The van der Waals surface area contributed by atoms with Crippen LogP contribution in [0.4, 0.5) is 4.79 Å². The van der Waals surface area contributed by atoms with Crippen molar-refractivity contribution in [3.05, 3.63) is 0 Å². The molecule has 3 amide bonds. The normalized spacial score (nSPS) is 14.7. The number of nitrogens with zero attached hydrogens (tertiary/aromatic N) is 1. The van der Waals surface area contributed by atoms with E-state index in [2.05, 4.69) is 10.6 Å². The molecule has 7 nitrogen and oxygen atoms in total. The zero-order valence-electron chi connectivity index (χ0n) is 11.5. The van der Waals surface area contributed by atoms with E-state index in [0.29, 0.717) is 0 Å². The Morgan fingerprint density at radius 3 is 2.37 bits per heavy atom. The monoisotopic (exact) mass is 271 g/mol. The van der Waals surface area contributed by atoms with Gasteiger partial charge in [-0.1, -0.05) is 0 Å². The molecule has 0 aliphatic heterocycles. The maximum absolute atomic E-state index is 11.8. The molecule has 0 aromatic rings. The third kappa shape index (κ3) is 6.08. The van der Waals surface area contributed by atoms with Crippen LogP contribution in [0, 0.1) is 0 Å². The molecule has 1 aliphatic rings. The van der Waals surface area contributed by atoms with Gasteiger partial charge in [0.05, 0.1) is 6.42 Å². The van der Waals surface area contributed by atoms with Crippen molar-refractivity contribution in [3.8, 4) is 0 Å². The molecular formula is C12H21N3O4. The van der Waals surface area contributed by atoms with Crippen molar-refractivity contribution in [1.82, 2.24) is 15.5 Å². The number of carbonyl (C=O) groups excluding carboxylic acids is 2. The van der Waals surface area contributed by atoms with Crippen LogP contribution in [-0.4, -0.2) is 53.1 Å². The molecule has 0 unspecified atom stereocenters. The lowest BCUT2D eigenvalue weighted by atomic mass is 10.0. The van der Waals surface area contributed by atoms with Crippen molar-refractivity contribution in [1.29, 1.82) is 0 Å². The third-order valence-electron chi connectivity index (χ3n) is 2.71. The van der Waals surface area contributed by atoms with Gasteiger partial charge in [0, 0.05) is 18.6 Å². The van der Waals surface area contributed by atoms with Gasteiger partial charge in [-0.05, 0) is 26.7 Å². The Balaban J connectivity index is 2.38. The molecule has 0 spiro atoms. The van der Waals surface area contributed by atoms with Gasteiger partial charge in [-0.15, -0.1) is 0 Å². The number of urea groups is 1. The molecule has 1 saturated carbocycles. The fraction of sp³-hybridized carbons (Fsp3) is 0.750. The number of carbonyl (C=O) groups is 3. The quantitative estimate of drug-likeness (QED) is 0.641. The van der Waals surface area contributed by atoms with E-state index in [1.165, 1.54) is 11.9 Å². The second kappa shape index (κ2) is 5.90. The summed E-state index contributed by atoms with van der Waals surface area (Å²) in [6.45, 7) is 3.21. The molecule has 19 heavy (non-hydrogen) atoms. The second-order valence-electron chi connectivity index (χ2n) is 5.58. The van der Waals surface area contributed by atoms with Gasteiger partial charge in [0.15, 0.2) is 0 Å². The van der Waals surface area contributed by atoms with Crippen LogP contribution in [0.1, 0.15) is 33.1 Å². The molecule has 0 saturated heterocycles. The number of rotatable bonds is 6. The van der Waals surface area contributed by atoms with E-state index in [1.54, 1.807) is 13.8 Å². The number of hydrogen-bond acceptors (Lipinski definition) is 3. The van der Waals surface area contributed by atoms with Gasteiger partial charge in [0.25, 0.3) is 0 Å². The molecule has 0 atom stereocenters. The first kappa shape index (κ1) is 15.3. The lowest BCUT2D eigenvalue weighted by Gasteiger charge is -2.27. The van der Waals surface area contributed by atoms with Crippen LogP contribution >= 0.6 is 0 Å². The van der Waals surface area contributed by atoms with Crippen molar-refractivity contribution in [2.75, 3.05) is 13.6 Å². The highest BCUT2D eigenvalue weighted by Gasteiger charge is 2.27. The van der Waals surface area contributed by atoms with Crippen LogP contribution in [0.5, 0.6) is 0 Å². The average Bonchev–Trinajstić information content (AvgIpc) is 2.97. The van der Waals surface area contributed by atoms with E-state index < -0.39 is 17.5 Å². The summed E-state index contributed by atoms with van der Waals surface area (Å²) in [7, 11) is 1.50. The van der Waals surface area contributed by atoms with Gasteiger partial charge in [0.1, 0.15) is 6.54 Å². The highest BCUT2D eigenvalue weighted by atomic mass is 16.4. The second-order valence-corrected chi connectivity index (χ2v) is 5.58. The number of amides is 3. The highest BCUT2D eigenvalue weighted by Crippen LogP contribution is 2.18. The molecule has 0 bridgehead atoms. The molecule has 3 N–H and O–H groups in total. The molecule has 0 aromatic heterocycles. The van der Waals surface area contributed by atoms with E-state index >= 15 is 0 Å². The fourth-order valence-corrected chi connectivity index (χ4v) is 1.60. The Morgan fingerprint density at radius 1 is 1.32 bits per heavy atom. The largest absolute Gasteiger partial charge is 0.481 e. The van der Waals surface area contributed by atoms with Crippen LogP contribution in [0.25, 0.3) is 0 Å². The third-order valence-corrected chi connectivity index (χ3v) is 2.71. The lowest BCUT2D eigenvalue weighted by molar-refractivity contribution is -0.138. The van der Waals surface area contributed by atoms with E-state index in [1.807, 2.05) is 0 Å². The van der Waals surface area contributed by atoms with Gasteiger partial charge in [0.2, 0.25) is 5.91 Å². The number of nitrogens with one attached hydrogen (secondary N) is 2. The topological polar surface area (TPSA) is 98.7 Å². The zero-order chi connectivity index (χ0) is 14.6. The lowest BCUT2D eigenvalue weighted by Crippen LogP contribution is -2.51. The SMILES string of the molecule is CN(CC(=O)NC1CC1)C(=O)NC(C)(C)CC(=O)O. The molecule has 0 heterocycles. The molecule has 108 valence electrons. The summed E-state index contributed by atoms with van der Waals surface area (Å²) in [5.74, 6) is -1.18. The average molecular weight is 271 g/mol. The summed E-state index contributed by atoms with van der Waals surface area (Å²) >= 11 is 0. The summed E-state index contributed by atoms with van der Waals surface area (Å²) in [5, 5.41) is 14.1. The van der Waals surface area contributed by atoms with Gasteiger partial charge < -0.3 is 20.6 Å². The molecule has 0 aromatic carbocycles. The molecule has 7 heteroatoms. The summed E-state index contributed by atoms with van der Waals surface area (Å²) in [6, 6.07) is -0.204. The minimum absolute atomic E-state index is 0.0362. The Kier molecular flexibility index (Phi) is 4.74.